The fourth-order valence-electron chi connectivity index (χ4n) is 2.50. The third kappa shape index (κ3) is 4.39. The molecule has 3 rings (SSSR count). The Bertz CT molecular complexity index is 845. The molecule has 1 saturated heterocycles. The summed E-state index contributed by atoms with van der Waals surface area (Å²) in [7, 11) is -3.90. The molecule has 2 aromatic carbocycles. The largest absolute Gasteiger partial charge is 0.378 e. The van der Waals surface area contributed by atoms with Crippen molar-refractivity contribution in [2.75, 3.05) is 31.2 Å². The molecule has 8 heteroatoms. The van der Waals surface area contributed by atoms with E-state index in [1.807, 2.05) is 12.1 Å². The van der Waals surface area contributed by atoms with E-state index in [4.69, 9.17) is 4.74 Å². The third-order valence-corrected chi connectivity index (χ3v) is 5.73. The highest BCUT2D eigenvalue weighted by Gasteiger charge is 2.19. The van der Waals surface area contributed by atoms with Gasteiger partial charge in [0.25, 0.3) is 15.9 Å². The number of anilines is 1. The molecule has 0 spiro atoms. The second-order valence-corrected chi connectivity index (χ2v) is 8.13. The first-order chi connectivity index (χ1) is 12.0. The Morgan fingerprint density at radius 2 is 1.60 bits per heavy atom. The first kappa shape index (κ1) is 17.9. The van der Waals surface area contributed by atoms with Crippen LogP contribution in [0.25, 0.3) is 0 Å². The van der Waals surface area contributed by atoms with E-state index in [-0.39, 0.29) is 10.5 Å². The number of nitrogens with zero attached hydrogens (tertiary/aromatic N) is 1. The lowest BCUT2D eigenvalue weighted by Crippen LogP contribution is -2.36. The van der Waals surface area contributed by atoms with Gasteiger partial charge in [-0.3, -0.25) is 4.79 Å². The van der Waals surface area contributed by atoms with Crippen molar-refractivity contribution in [1.82, 2.24) is 4.72 Å². The minimum atomic E-state index is -3.90. The number of hydrogen-bond donors (Lipinski definition) is 1. The maximum absolute atomic E-state index is 12.3. The van der Waals surface area contributed by atoms with Crippen LogP contribution in [0, 0.1) is 0 Å². The van der Waals surface area contributed by atoms with Crippen LogP contribution in [-0.2, 0) is 14.8 Å². The van der Waals surface area contributed by atoms with Gasteiger partial charge in [0.2, 0.25) is 0 Å². The zero-order valence-electron chi connectivity index (χ0n) is 13.3. The number of amides is 1. The van der Waals surface area contributed by atoms with Crippen LogP contribution in [0.4, 0.5) is 5.69 Å². The zero-order chi connectivity index (χ0) is 17.9. The van der Waals surface area contributed by atoms with E-state index in [2.05, 4.69) is 25.6 Å². The molecule has 0 radical (unpaired) electrons. The second kappa shape index (κ2) is 7.55. The van der Waals surface area contributed by atoms with Gasteiger partial charge in [0.05, 0.1) is 18.1 Å². The maximum atomic E-state index is 12.3. The standard InChI is InChI=1S/C17H17BrN2O4S/c18-14-3-7-16(8-4-14)25(22,23)19-17(21)13-1-5-15(6-2-13)20-9-11-24-12-10-20/h1-8H,9-12H2,(H,19,21). The molecule has 0 unspecified atom stereocenters. The van der Waals surface area contributed by atoms with Crippen LogP contribution in [0.3, 0.4) is 0 Å². The molecule has 0 bridgehead atoms. The van der Waals surface area contributed by atoms with Crippen molar-refractivity contribution < 1.29 is 17.9 Å². The Labute approximate surface area is 155 Å². The van der Waals surface area contributed by atoms with Crippen molar-refractivity contribution in [1.29, 1.82) is 0 Å². The molecule has 1 heterocycles. The minimum absolute atomic E-state index is 0.0361. The van der Waals surface area contributed by atoms with E-state index in [0.717, 1.165) is 23.2 Å². The molecule has 2 aromatic rings. The molecule has 0 atom stereocenters. The molecule has 1 aliphatic heterocycles. The van der Waals surface area contributed by atoms with Gasteiger partial charge in [0.15, 0.2) is 0 Å². The summed E-state index contributed by atoms with van der Waals surface area (Å²) in [5.74, 6) is -0.656. The van der Waals surface area contributed by atoms with Gasteiger partial charge in [-0.1, -0.05) is 15.9 Å². The summed E-state index contributed by atoms with van der Waals surface area (Å²) in [5.41, 5.74) is 1.27. The van der Waals surface area contributed by atoms with Gasteiger partial charge >= 0.3 is 0 Å². The lowest BCUT2D eigenvalue weighted by molar-refractivity contribution is 0.0981. The number of rotatable bonds is 4. The van der Waals surface area contributed by atoms with Crippen molar-refractivity contribution in [3.8, 4) is 0 Å². The summed E-state index contributed by atoms with van der Waals surface area (Å²) in [5, 5.41) is 0. The van der Waals surface area contributed by atoms with E-state index in [0.29, 0.717) is 13.2 Å². The first-order valence-corrected chi connectivity index (χ1v) is 9.99. The summed E-state index contributed by atoms with van der Waals surface area (Å²) in [6.45, 7) is 2.94. The minimum Gasteiger partial charge on any atom is -0.378 e. The van der Waals surface area contributed by atoms with Crippen LogP contribution in [0.15, 0.2) is 57.9 Å². The van der Waals surface area contributed by atoms with Crippen LogP contribution < -0.4 is 9.62 Å². The summed E-state index contributed by atoms with van der Waals surface area (Å²) in [4.78, 5) is 14.4. The Morgan fingerprint density at radius 1 is 1.00 bits per heavy atom. The van der Waals surface area contributed by atoms with Crippen molar-refractivity contribution in [3.63, 3.8) is 0 Å². The Balaban J connectivity index is 1.71. The second-order valence-electron chi connectivity index (χ2n) is 5.53. The molecule has 25 heavy (non-hydrogen) atoms. The number of benzene rings is 2. The van der Waals surface area contributed by atoms with Crippen LogP contribution in [0.2, 0.25) is 0 Å². The number of hydrogen-bond acceptors (Lipinski definition) is 5. The number of carbonyl (C=O) groups excluding carboxylic acids is 1. The summed E-state index contributed by atoms with van der Waals surface area (Å²) in [6.07, 6.45) is 0. The number of sulfonamides is 1. The van der Waals surface area contributed by atoms with Crippen molar-refractivity contribution in [2.45, 2.75) is 4.90 Å². The molecule has 132 valence electrons. The fourth-order valence-corrected chi connectivity index (χ4v) is 3.74. The summed E-state index contributed by atoms with van der Waals surface area (Å²) < 4.78 is 32.7. The molecule has 1 N–H and O–H groups in total. The quantitative estimate of drug-likeness (QED) is 0.815. The van der Waals surface area contributed by atoms with Gasteiger partial charge in [-0.2, -0.15) is 0 Å². The van der Waals surface area contributed by atoms with Gasteiger partial charge in [-0.15, -0.1) is 0 Å². The number of nitrogens with one attached hydrogen (secondary N) is 1. The highest BCUT2D eigenvalue weighted by molar-refractivity contribution is 9.10. The average molecular weight is 425 g/mol. The molecule has 1 amide bonds. The Kier molecular flexibility index (Phi) is 5.41. The predicted octanol–water partition coefficient (Wildman–Crippen LogP) is 2.40. The van der Waals surface area contributed by atoms with Gasteiger partial charge in [-0.25, -0.2) is 13.1 Å². The molecular formula is C17H17BrN2O4S. The SMILES string of the molecule is O=C(NS(=O)(=O)c1ccc(Br)cc1)c1ccc(N2CCOCC2)cc1. The van der Waals surface area contributed by atoms with Crippen LogP contribution >= 0.6 is 15.9 Å². The van der Waals surface area contributed by atoms with E-state index in [9.17, 15) is 13.2 Å². The van der Waals surface area contributed by atoms with E-state index >= 15 is 0 Å². The van der Waals surface area contributed by atoms with Crippen molar-refractivity contribution in [2.24, 2.45) is 0 Å². The van der Waals surface area contributed by atoms with E-state index in [1.54, 1.807) is 24.3 Å². The molecular weight excluding hydrogens is 408 g/mol. The summed E-state index contributed by atoms with van der Waals surface area (Å²) >= 11 is 3.25. The maximum Gasteiger partial charge on any atom is 0.264 e. The van der Waals surface area contributed by atoms with E-state index < -0.39 is 15.9 Å². The Morgan fingerprint density at radius 3 is 2.20 bits per heavy atom. The van der Waals surface area contributed by atoms with E-state index in [1.165, 1.54) is 12.1 Å². The Hall–Kier alpha value is -1.90. The number of ether oxygens (including phenoxy) is 1. The lowest BCUT2D eigenvalue weighted by atomic mass is 10.2. The van der Waals surface area contributed by atoms with Crippen LogP contribution in [0.5, 0.6) is 0 Å². The van der Waals surface area contributed by atoms with Gasteiger partial charge < -0.3 is 9.64 Å². The summed E-state index contributed by atoms with van der Waals surface area (Å²) in [6, 6.07) is 12.9. The number of morpholine rings is 1. The van der Waals surface area contributed by atoms with Crippen molar-refractivity contribution in [3.05, 3.63) is 58.6 Å². The predicted molar refractivity (Wildman–Crippen MR) is 98.3 cm³/mol. The average Bonchev–Trinajstić information content (AvgIpc) is 2.62. The van der Waals surface area contributed by atoms with Gasteiger partial charge in [0.1, 0.15) is 0 Å². The first-order valence-electron chi connectivity index (χ1n) is 7.71. The molecule has 0 saturated carbocycles. The monoisotopic (exact) mass is 424 g/mol. The third-order valence-electron chi connectivity index (χ3n) is 3.86. The molecule has 0 aromatic heterocycles. The fraction of sp³-hybridized carbons (Fsp3) is 0.235. The number of carbonyl (C=O) groups is 1. The molecule has 6 nitrogen and oxygen atoms in total. The molecule has 0 aliphatic carbocycles. The zero-order valence-corrected chi connectivity index (χ0v) is 15.7. The molecule has 1 aliphatic rings. The molecule has 1 fully saturated rings. The van der Waals surface area contributed by atoms with Crippen LogP contribution in [-0.4, -0.2) is 40.6 Å². The topological polar surface area (TPSA) is 75.7 Å². The highest BCUT2D eigenvalue weighted by Crippen LogP contribution is 2.18. The smallest absolute Gasteiger partial charge is 0.264 e. The van der Waals surface area contributed by atoms with Crippen molar-refractivity contribution >= 4 is 37.5 Å². The van der Waals surface area contributed by atoms with Crippen LogP contribution in [0.1, 0.15) is 10.4 Å². The normalized spacial score (nSPS) is 15.0. The lowest BCUT2D eigenvalue weighted by Gasteiger charge is -2.28. The number of halogens is 1. The van der Waals surface area contributed by atoms with Gasteiger partial charge in [-0.05, 0) is 48.5 Å². The van der Waals surface area contributed by atoms with Gasteiger partial charge in [0, 0.05) is 28.8 Å². The highest BCUT2D eigenvalue weighted by atomic mass is 79.9.